The van der Waals surface area contributed by atoms with Gasteiger partial charge >= 0.3 is 0 Å². The summed E-state index contributed by atoms with van der Waals surface area (Å²) in [4.78, 5) is 1.44. The molecule has 1 aliphatic carbocycles. The SMILES string of the molecule is O=S1(=O)CCS(=O)(=O)C2=C1CCC(Sc1ccccc1)C2. The van der Waals surface area contributed by atoms with Gasteiger partial charge in [-0.25, -0.2) is 16.8 Å². The molecule has 0 radical (unpaired) electrons. The van der Waals surface area contributed by atoms with E-state index < -0.39 is 19.7 Å². The molecule has 1 aliphatic heterocycles. The minimum atomic E-state index is -3.39. The zero-order chi connectivity index (χ0) is 15.1. The Balaban J connectivity index is 1.89. The Morgan fingerprint density at radius 3 is 2.19 bits per heavy atom. The molecule has 21 heavy (non-hydrogen) atoms. The molecule has 1 aromatic rings. The molecule has 1 heterocycles. The van der Waals surface area contributed by atoms with E-state index in [1.54, 1.807) is 11.8 Å². The van der Waals surface area contributed by atoms with Gasteiger partial charge in [0.25, 0.3) is 0 Å². The Morgan fingerprint density at radius 1 is 0.905 bits per heavy atom. The van der Waals surface area contributed by atoms with Gasteiger partial charge in [0.2, 0.25) is 0 Å². The zero-order valence-corrected chi connectivity index (χ0v) is 13.8. The summed E-state index contributed by atoms with van der Waals surface area (Å²) >= 11 is 1.63. The van der Waals surface area contributed by atoms with Gasteiger partial charge in [-0.1, -0.05) is 18.2 Å². The van der Waals surface area contributed by atoms with Crippen LogP contribution in [0.3, 0.4) is 0 Å². The summed E-state index contributed by atoms with van der Waals surface area (Å²) in [6.45, 7) is 0. The topological polar surface area (TPSA) is 68.3 Å². The van der Waals surface area contributed by atoms with Gasteiger partial charge in [0.05, 0.1) is 21.3 Å². The highest BCUT2D eigenvalue weighted by Crippen LogP contribution is 2.42. The minimum Gasteiger partial charge on any atom is -0.224 e. The van der Waals surface area contributed by atoms with Crippen LogP contribution < -0.4 is 0 Å². The van der Waals surface area contributed by atoms with Crippen LogP contribution in [0.15, 0.2) is 45.0 Å². The van der Waals surface area contributed by atoms with Crippen molar-refractivity contribution >= 4 is 31.4 Å². The lowest BCUT2D eigenvalue weighted by Crippen LogP contribution is -2.32. The normalized spacial score (nSPS) is 27.1. The summed E-state index contributed by atoms with van der Waals surface area (Å²) in [6, 6.07) is 9.79. The molecule has 4 nitrogen and oxygen atoms in total. The molecule has 1 aromatic carbocycles. The van der Waals surface area contributed by atoms with Crippen molar-refractivity contribution in [3.8, 4) is 0 Å². The van der Waals surface area contributed by atoms with E-state index in [1.165, 1.54) is 0 Å². The summed E-state index contributed by atoms with van der Waals surface area (Å²) in [5.41, 5.74) is 0. The monoisotopic (exact) mass is 344 g/mol. The third-order valence-corrected chi connectivity index (χ3v) is 9.35. The van der Waals surface area contributed by atoms with E-state index in [0.717, 1.165) is 4.90 Å². The molecule has 7 heteroatoms. The molecule has 0 bridgehead atoms. The Bertz CT molecular complexity index is 777. The third kappa shape index (κ3) is 3.05. The molecule has 3 rings (SSSR count). The van der Waals surface area contributed by atoms with Crippen LogP contribution in [0, 0.1) is 0 Å². The van der Waals surface area contributed by atoms with E-state index in [-0.39, 0.29) is 26.6 Å². The molecule has 0 aromatic heterocycles. The van der Waals surface area contributed by atoms with Gasteiger partial charge in [-0.2, -0.15) is 0 Å². The van der Waals surface area contributed by atoms with Crippen LogP contribution in [0.25, 0.3) is 0 Å². The smallest absolute Gasteiger partial charge is 0.176 e. The van der Waals surface area contributed by atoms with Gasteiger partial charge in [-0.15, -0.1) is 11.8 Å². The molecule has 0 amide bonds. The fourth-order valence-electron chi connectivity index (χ4n) is 2.74. The molecule has 0 spiro atoms. The van der Waals surface area contributed by atoms with Crippen molar-refractivity contribution in [2.24, 2.45) is 0 Å². The predicted molar refractivity (Wildman–Crippen MR) is 84.5 cm³/mol. The van der Waals surface area contributed by atoms with E-state index in [9.17, 15) is 16.8 Å². The quantitative estimate of drug-likeness (QED) is 0.824. The molecule has 1 unspecified atom stereocenters. The van der Waals surface area contributed by atoms with Crippen molar-refractivity contribution in [3.63, 3.8) is 0 Å². The van der Waals surface area contributed by atoms with Crippen LogP contribution in [0.5, 0.6) is 0 Å². The van der Waals surface area contributed by atoms with Gasteiger partial charge in [0, 0.05) is 10.1 Å². The molecular formula is C14H16O4S3. The van der Waals surface area contributed by atoms with Gasteiger partial charge in [-0.05, 0) is 31.4 Å². The van der Waals surface area contributed by atoms with Crippen molar-refractivity contribution in [2.75, 3.05) is 11.5 Å². The molecule has 2 aliphatic rings. The van der Waals surface area contributed by atoms with Crippen molar-refractivity contribution < 1.29 is 16.8 Å². The molecular weight excluding hydrogens is 328 g/mol. The lowest BCUT2D eigenvalue weighted by Gasteiger charge is -2.29. The number of thioether (sulfide) groups is 1. The van der Waals surface area contributed by atoms with E-state index in [1.807, 2.05) is 30.3 Å². The number of benzene rings is 1. The average molecular weight is 344 g/mol. The fourth-order valence-corrected chi connectivity index (χ4v) is 8.80. The van der Waals surface area contributed by atoms with Crippen LogP contribution >= 0.6 is 11.8 Å². The summed E-state index contributed by atoms with van der Waals surface area (Å²) in [5, 5.41) is 0.120. The lowest BCUT2D eigenvalue weighted by molar-refractivity contribution is 0.578. The zero-order valence-electron chi connectivity index (χ0n) is 11.4. The first-order valence-electron chi connectivity index (χ1n) is 6.78. The molecule has 0 saturated carbocycles. The maximum Gasteiger partial charge on any atom is 0.176 e. The van der Waals surface area contributed by atoms with Crippen molar-refractivity contribution in [3.05, 3.63) is 40.1 Å². The largest absolute Gasteiger partial charge is 0.224 e. The van der Waals surface area contributed by atoms with Crippen LogP contribution in [-0.4, -0.2) is 33.6 Å². The minimum absolute atomic E-state index is 0.120. The molecule has 0 saturated heterocycles. The second-order valence-electron chi connectivity index (χ2n) is 5.28. The number of allylic oxidation sites excluding steroid dienone is 2. The van der Waals surface area contributed by atoms with E-state index in [2.05, 4.69) is 0 Å². The average Bonchev–Trinajstić information content (AvgIpc) is 2.45. The Hall–Kier alpha value is -0.790. The summed E-state index contributed by atoms with van der Waals surface area (Å²) < 4.78 is 48.4. The van der Waals surface area contributed by atoms with E-state index >= 15 is 0 Å². The summed E-state index contributed by atoms with van der Waals surface area (Å²) in [5.74, 6) is -0.526. The molecule has 0 N–H and O–H groups in total. The summed E-state index contributed by atoms with van der Waals surface area (Å²) in [6.07, 6.45) is 1.38. The van der Waals surface area contributed by atoms with Crippen LogP contribution in [-0.2, 0) is 19.7 Å². The number of rotatable bonds is 2. The number of sulfone groups is 2. The van der Waals surface area contributed by atoms with Crippen LogP contribution in [0.1, 0.15) is 19.3 Å². The molecule has 1 atom stereocenters. The summed E-state index contributed by atoms with van der Waals surface area (Å²) in [7, 11) is -6.75. The second kappa shape index (κ2) is 5.44. The first-order valence-corrected chi connectivity index (χ1v) is 11.0. The lowest BCUT2D eigenvalue weighted by atomic mass is 10.1. The van der Waals surface area contributed by atoms with Gasteiger partial charge in [0.15, 0.2) is 19.7 Å². The second-order valence-corrected chi connectivity index (χ2v) is 10.9. The Morgan fingerprint density at radius 2 is 1.52 bits per heavy atom. The van der Waals surface area contributed by atoms with Gasteiger partial charge in [-0.3, -0.25) is 0 Å². The highest BCUT2D eigenvalue weighted by Gasteiger charge is 2.39. The van der Waals surface area contributed by atoms with Gasteiger partial charge in [0.1, 0.15) is 0 Å². The molecule has 0 fully saturated rings. The standard InChI is InChI=1S/C14H16O4S3/c15-20(16)8-9-21(17,18)14-10-12(6-7-13(14)20)19-11-4-2-1-3-5-11/h1-5,12H,6-10H2. The first-order chi connectivity index (χ1) is 9.88. The maximum absolute atomic E-state index is 12.2. The van der Waals surface area contributed by atoms with Crippen LogP contribution in [0.2, 0.25) is 0 Å². The highest BCUT2D eigenvalue weighted by molar-refractivity contribution is 8.02. The van der Waals surface area contributed by atoms with Crippen molar-refractivity contribution in [2.45, 2.75) is 29.4 Å². The highest BCUT2D eigenvalue weighted by atomic mass is 32.2. The number of hydrogen-bond donors (Lipinski definition) is 0. The Labute approximate surface area is 129 Å². The fraction of sp³-hybridized carbons (Fsp3) is 0.429. The molecule has 114 valence electrons. The number of hydrogen-bond acceptors (Lipinski definition) is 5. The Kier molecular flexibility index (Phi) is 3.92. The predicted octanol–water partition coefficient (Wildman–Crippen LogP) is 2.39. The van der Waals surface area contributed by atoms with E-state index in [4.69, 9.17) is 0 Å². The first kappa shape index (κ1) is 15.1. The van der Waals surface area contributed by atoms with Crippen LogP contribution in [0.4, 0.5) is 0 Å². The third-order valence-electron chi connectivity index (χ3n) is 3.84. The van der Waals surface area contributed by atoms with Crippen molar-refractivity contribution in [1.29, 1.82) is 0 Å². The van der Waals surface area contributed by atoms with Crippen molar-refractivity contribution in [1.82, 2.24) is 0 Å². The maximum atomic E-state index is 12.2. The van der Waals surface area contributed by atoms with Gasteiger partial charge < -0.3 is 0 Å². The van der Waals surface area contributed by atoms with E-state index in [0.29, 0.717) is 19.3 Å².